The Bertz CT molecular complexity index is 607. The average molecular weight is 308 g/mol. The second kappa shape index (κ2) is 6.54. The minimum Gasteiger partial charge on any atom is -0.465 e. The number of rotatable bonds is 4. The number of halogens is 1. The first-order chi connectivity index (χ1) is 10.0. The molecule has 1 saturated heterocycles. The van der Waals surface area contributed by atoms with Gasteiger partial charge in [-0.15, -0.1) is 0 Å². The van der Waals surface area contributed by atoms with Crippen molar-refractivity contribution in [3.63, 3.8) is 0 Å². The highest BCUT2D eigenvalue weighted by Gasteiger charge is 2.35. The Morgan fingerprint density at radius 2 is 2.00 bits per heavy atom. The fourth-order valence-electron chi connectivity index (χ4n) is 1.99. The molecule has 0 saturated carbocycles. The summed E-state index contributed by atoms with van der Waals surface area (Å²) < 4.78 is 4.75. The van der Waals surface area contributed by atoms with Gasteiger partial charge in [0.05, 0.1) is 13.0 Å². The summed E-state index contributed by atoms with van der Waals surface area (Å²) >= 11 is 5.79. The first-order valence-corrected chi connectivity index (χ1v) is 6.85. The van der Waals surface area contributed by atoms with Crippen molar-refractivity contribution in [1.29, 1.82) is 0 Å². The quantitative estimate of drug-likeness (QED) is 0.485. The van der Waals surface area contributed by atoms with Crippen molar-refractivity contribution >= 4 is 35.5 Å². The zero-order valence-corrected chi connectivity index (χ0v) is 12.2. The molecule has 0 N–H and O–H groups in total. The van der Waals surface area contributed by atoms with Crippen LogP contribution in [0.5, 0.6) is 0 Å². The van der Waals surface area contributed by atoms with Gasteiger partial charge in [-0.05, 0) is 30.7 Å². The number of nitrogens with zero attached hydrogens (tertiary/aromatic N) is 1. The molecule has 1 aliphatic rings. The van der Waals surface area contributed by atoms with Gasteiger partial charge in [-0.1, -0.05) is 23.7 Å². The van der Waals surface area contributed by atoms with Crippen LogP contribution in [-0.4, -0.2) is 35.8 Å². The predicted octanol–water partition coefficient (Wildman–Crippen LogP) is 2.05. The fraction of sp³-hybridized carbons (Fsp3) is 0.267. The lowest BCUT2D eigenvalue weighted by Gasteiger charge is -2.11. The van der Waals surface area contributed by atoms with Gasteiger partial charge in [-0.2, -0.15) is 0 Å². The molecule has 2 rings (SSSR count). The Labute approximate surface area is 127 Å². The third-order valence-electron chi connectivity index (χ3n) is 2.97. The van der Waals surface area contributed by atoms with Crippen molar-refractivity contribution in [1.82, 2.24) is 4.90 Å². The number of likely N-dealkylation sites (tertiary alicyclic amines) is 1. The molecule has 1 fully saturated rings. The third-order valence-corrected chi connectivity index (χ3v) is 3.22. The summed E-state index contributed by atoms with van der Waals surface area (Å²) in [5.41, 5.74) is 1.13. The van der Waals surface area contributed by atoms with E-state index in [1.807, 2.05) is 0 Å². The van der Waals surface area contributed by atoms with E-state index >= 15 is 0 Å². The maximum Gasteiger partial charge on any atom is 0.326 e. The van der Waals surface area contributed by atoms with Crippen LogP contribution >= 0.6 is 11.6 Å². The van der Waals surface area contributed by atoms with Crippen molar-refractivity contribution in [2.45, 2.75) is 13.3 Å². The number of amides is 2. The topological polar surface area (TPSA) is 63.7 Å². The smallest absolute Gasteiger partial charge is 0.326 e. The van der Waals surface area contributed by atoms with E-state index in [9.17, 15) is 14.4 Å². The van der Waals surface area contributed by atoms with Crippen LogP contribution in [0, 0.1) is 0 Å². The largest absolute Gasteiger partial charge is 0.465 e. The van der Waals surface area contributed by atoms with Crippen LogP contribution in [0.1, 0.15) is 18.9 Å². The molecule has 0 radical (unpaired) electrons. The molecule has 6 heteroatoms. The molecule has 0 bridgehead atoms. The maximum atomic E-state index is 12.1. The highest BCUT2D eigenvalue weighted by molar-refractivity contribution is 6.30. The minimum atomic E-state index is -0.591. The SMILES string of the molecule is CCOC(=O)CN1C(=O)C/C(=C\c2ccc(Cl)cc2)C1=O. The van der Waals surface area contributed by atoms with Crippen molar-refractivity contribution in [2.75, 3.05) is 13.2 Å². The van der Waals surface area contributed by atoms with Crippen LogP contribution in [0.2, 0.25) is 5.02 Å². The van der Waals surface area contributed by atoms with E-state index < -0.39 is 17.8 Å². The summed E-state index contributed by atoms with van der Waals surface area (Å²) in [6.45, 7) is 1.53. The lowest BCUT2D eigenvalue weighted by molar-refractivity contribution is -0.151. The zero-order valence-electron chi connectivity index (χ0n) is 11.5. The summed E-state index contributed by atoms with van der Waals surface area (Å²) in [6, 6.07) is 6.90. The van der Waals surface area contributed by atoms with Crippen LogP contribution in [0.3, 0.4) is 0 Å². The van der Waals surface area contributed by atoms with Gasteiger partial charge in [0.25, 0.3) is 5.91 Å². The Kier molecular flexibility index (Phi) is 4.75. The van der Waals surface area contributed by atoms with Crippen molar-refractivity contribution in [2.24, 2.45) is 0 Å². The summed E-state index contributed by atoms with van der Waals surface area (Å²) in [4.78, 5) is 36.3. The second-order valence-electron chi connectivity index (χ2n) is 4.49. The Morgan fingerprint density at radius 1 is 1.33 bits per heavy atom. The van der Waals surface area contributed by atoms with Gasteiger partial charge in [0, 0.05) is 10.6 Å². The molecule has 0 unspecified atom stereocenters. The van der Waals surface area contributed by atoms with Crippen LogP contribution in [0.4, 0.5) is 0 Å². The van der Waals surface area contributed by atoms with Gasteiger partial charge < -0.3 is 4.74 Å². The van der Waals surface area contributed by atoms with Gasteiger partial charge in [-0.3, -0.25) is 19.3 Å². The maximum absolute atomic E-state index is 12.1. The van der Waals surface area contributed by atoms with Crippen molar-refractivity contribution in [3.05, 3.63) is 40.4 Å². The number of carbonyl (C=O) groups is 3. The van der Waals surface area contributed by atoms with Crippen molar-refractivity contribution in [3.8, 4) is 0 Å². The third kappa shape index (κ3) is 3.70. The number of hydrogen-bond acceptors (Lipinski definition) is 4. The molecule has 0 aliphatic carbocycles. The molecule has 5 nitrogen and oxygen atoms in total. The number of hydrogen-bond donors (Lipinski definition) is 0. The molecule has 0 aromatic heterocycles. The van der Waals surface area contributed by atoms with Crippen LogP contribution in [-0.2, 0) is 19.1 Å². The number of benzene rings is 1. The first kappa shape index (κ1) is 15.3. The predicted molar refractivity (Wildman–Crippen MR) is 77.4 cm³/mol. The van der Waals surface area contributed by atoms with E-state index in [-0.39, 0.29) is 19.6 Å². The summed E-state index contributed by atoms with van der Waals surface area (Å²) in [7, 11) is 0. The lowest BCUT2D eigenvalue weighted by Crippen LogP contribution is -2.35. The normalized spacial score (nSPS) is 16.7. The number of imide groups is 1. The van der Waals surface area contributed by atoms with E-state index in [1.165, 1.54) is 0 Å². The van der Waals surface area contributed by atoms with Gasteiger partial charge in [0.1, 0.15) is 6.54 Å². The summed E-state index contributed by atoms with van der Waals surface area (Å²) in [5.74, 6) is -1.44. The molecule has 0 atom stereocenters. The Morgan fingerprint density at radius 3 is 2.62 bits per heavy atom. The fourth-order valence-corrected chi connectivity index (χ4v) is 2.12. The highest BCUT2D eigenvalue weighted by atomic mass is 35.5. The zero-order chi connectivity index (χ0) is 15.4. The van der Waals surface area contributed by atoms with Crippen LogP contribution < -0.4 is 0 Å². The lowest BCUT2D eigenvalue weighted by atomic mass is 10.1. The van der Waals surface area contributed by atoms with Gasteiger partial charge in [-0.25, -0.2) is 0 Å². The molecule has 0 spiro atoms. The summed E-state index contributed by atoms with van der Waals surface area (Å²) in [6.07, 6.45) is 1.61. The molecular formula is C15H14ClNO4. The molecule has 2 amide bonds. The summed E-state index contributed by atoms with van der Waals surface area (Å²) in [5, 5.41) is 0.593. The minimum absolute atomic E-state index is 0.0130. The van der Waals surface area contributed by atoms with Crippen molar-refractivity contribution < 1.29 is 19.1 Å². The van der Waals surface area contributed by atoms with Gasteiger partial charge in [0.15, 0.2) is 0 Å². The average Bonchev–Trinajstić information content (AvgIpc) is 2.69. The number of ether oxygens (including phenoxy) is 1. The molecule has 1 aromatic carbocycles. The first-order valence-electron chi connectivity index (χ1n) is 6.47. The molecule has 1 aromatic rings. The standard InChI is InChI=1S/C15H14ClNO4/c1-2-21-14(19)9-17-13(18)8-11(15(17)20)7-10-3-5-12(16)6-4-10/h3-7H,2,8-9H2,1H3/b11-7+. The monoisotopic (exact) mass is 307 g/mol. The number of esters is 1. The molecular weight excluding hydrogens is 294 g/mol. The van der Waals surface area contributed by atoms with Crippen LogP contribution in [0.15, 0.2) is 29.8 Å². The second-order valence-corrected chi connectivity index (χ2v) is 4.92. The molecule has 1 heterocycles. The van der Waals surface area contributed by atoms with E-state index in [2.05, 4.69) is 0 Å². The molecule has 1 aliphatic heterocycles. The van der Waals surface area contributed by atoms with E-state index in [4.69, 9.17) is 16.3 Å². The van der Waals surface area contributed by atoms with Gasteiger partial charge in [0.2, 0.25) is 5.91 Å². The Hall–Kier alpha value is -2.14. The van der Waals surface area contributed by atoms with E-state index in [0.29, 0.717) is 10.6 Å². The van der Waals surface area contributed by atoms with Crippen LogP contribution in [0.25, 0.3) is 6.08 Å². The molecule has 110 valence electrons. The van der Waals surface area contributed by atoms with E-state index in [1.54, 1.807) is 37.3 Å². The molecule has 21 heavy (non-hydrogen) atoms. The van der Waals surface area contributed by atoms with E-state index in [0.717, 1.165) is 10.5 Å². The van der Waals surface area contributed by atoms with Gasteiger partial charge >= 0.3 is 5.97 Å². The Balaban J connectivity index is 2.13. The highest BCUT2D eigenvalue weighted by Crippen LogP contribution is 2.22. The number of carbonyl (C=O) groups excluding carboxylic acids is 3.